The molecule has 1 aromatic rings. The first-order valence-electron chi connectivity index (χ1n) is 4.96. The molecule has 2 N–H and O–H groups in total. The molecule has 16 heavy (non-hydrogen) atoms. The molecule has 0 fully saturated rings. The van der Waals surface area contributed by atoms with E-state index in [0.717, 1.165) is 0 Å². The number of hydrogen-bond acceptors (Lipinski definition) is 3. The predicted molar refractivity (Wildman–Crippen MR) is 62.4 cm³/mol. The third kappa shape index (κ3) is 3.79. The summed E-state index contributed by atoms with van der Waals surface area (Å²) in [6, 6.07) is 4.87. The Morgan fingerprint density at radius 2 is 2.25 bits per heavy atom. The summed E-state index contributed by atoms with van der Waals surface area (Å²) < 4.78 is 0. The number of halogens is 1. The van der Waals surface area contributed by atoms with Crippen LogP contribution in [0, 0.1) is 5.41 Å². The highest BCUT2D eigenvalue weighted by molar-refractivity contribution is 6.29. The molecule has 5 heteroatoms. The van der Waals surface area contributed by atoms with E-state index < -0.39 is 0 Å². The molecule has 0 saturated carbocycles. The standard InChI is InChI=1S/C11H15ClN2O2/c1-11(2,7-15)6-13-10(16)8-4-3-5-9(12)14-8/h3-5,15H,6-7H2,1-2H3,(H,13,16). The Hall–Kier alpha value is -1.13. The zero-order valence-electron chi connectivity index (χ0n) is 9.33. The van der Waals surface area contributed by atoms with Gasteiger partial charge in [0.2, 0.25) is 0 Å². The van der Waals surface area contributed by atoms with Gasteiger partial charge >= 0.3 is 0 Å². The zero-order chi connectivity index (χ0) is 12.2. The van der Waals surface area contributed by atoms with Crippen molar-refractivity contribution in [3.05, 3.63) is 29.0 Å². The number of nitrogens with one attached hydrogen (secondary N) is 1. The maximum absolute atomic E-state index is 11.6. The Kier molecular flexibility index (Phi) is 4.26. The first-order chi connectivity index (χ1) is 7.44. The van der Waals surface area contributed by atoms with E-state index in [2.05, 4.69) is 10.3 Å². The van der Waals surface area contributed by atoms with Crippen molar-refractivity contribution in [3.63, 3.8) is 0 Å². The number of amides is 1. The van der Waals surface area contributed by atoms with E-state index in [4.69, 9.17) is 16.7 Å². The molecule has 0 saturated heterocycles. The normalized spacial score (nSPS) is 11.2. The van der Waals surface area contributed by atoms with E-state index >= 15 is 0 Å². The van der Waals surface area contributed by atoms with Crippen LogP contribution in [0.4, 0.5) is 0 Å². The summed E-state index contributed by atoms with van der Waals surface area (Å²) in [7, 11) is 0. The summed E-state index contributed by atoms with van der Waals surface area (Å²) in [5.41, 5.74) is -0.0601. The smallest absolute Gasteiger partial charge is 0.269 e. The van der Waals surface area contributed by atoms with Gasteiger partial charge in [-0.25, -0.2) is 4.98 Å². The maximum Gasteiger partial charge on any atom is 0.269 e. The molecule has 0 radical (unpaired) electrons. The van der Waals surface area contributed by atoms with E-state index in [9.17, 15) is 4.79 Å². The molecule has 0 aliphatic carbocycles. The number of hydrogen-bond donors (Lipinski definition) is 2. The van der Waals surface area contributed by atoms with Crippen molar-refractivity contribution in [1.82, 2.24) is 10.3 Å². The van der Waals surface area contributed by atoms with Gasteiger partial charge in [-0.2, -0.15) is 0 Å². The summed E-state index contributed by atoms with van der Waals surface area (Å²) >= 11 is 5.68. The summed E-state index contributed by atoms with van der Waals surface area (Å²) in [6.07, 6.45) is 0. The maximum atomic E-state index is 11.6. The van der Waals surface area contributed by atoms with Gasteiger partial charge in [-0.05, 0) is 12.1 Å². The lowest BCUT2D eigenvalue weighted by Crippen LogP contribution is -2.36. The minimum Gasteiger partial charge on any atom is -0.396 e. The van der Waals surface area contributed by atoms with Gasteiger partial charge in [-0.15, -0.1) is 0 Å². The lowest BCUT2D eigenvalue weighted by molar-refractivity contribution is 0.0906. The van der Waals surface area contributed by atoms with E-state index in [-0.39, 0.29) is 28.8 Å². The van der Waals surface area contributed by atoms with Crippen molar-refractivity contribution in [2.75, 3.05) is 13.2 Å². The summed E-state index contributed by atoms with van der Waals surface area (Å²) in [6.45, 7) is 4.12. The fourth-order valence-electron chi connectivity index (χ4n) is 1.00. The molecule has 0 bridgehead atoms. The van der Waals surface area contributed by atoms with Gasteiger partial charge in [0.25, 0.3) is 5.91 Å². The molecule has 0 spiro atoms. The van der Waals surface area contributed by atoms with Crippen LogP contribution in [0.3, 0.4) is 0 Å². The third-order valence-corrected chi connectivity index (χ3v) is 2.31. The third-order valence-electron chi connectivity index (χ3n) is 2.10. The molecule has 1 amide bonds. The Bertz CT molecular complexity index is 380. The summed E-state index contributed by atoms with van der Waals surface area (Å²) in [4.78, 5) is 15.5. The van der Waals surface area contributed by atoms with Crippen LogP contribution in [-0.2, 0) is 0 Å². The lowest BCUT2D eigenvalue weighted by atomic mass is 9.95. The van der Waals surface area contributed by atoms with Crippen molar-refractivity contribution in [2.45, 2.75) is 13.8 Å². The highest BCUT2D eigenvalue weighted by atomic mass is 35.5. The number of aliphatic hydroxyl groups excluding tert-OH is 1. The molecule has 1 rings (SSSR count). The number of aliphatic hydroxyl groups is 1. The number of rotatable bonds is 4. The molecule has 88 valence electrons. The second kappa shape index (κ2) is 5.27. The number of carbonyl (C=O) groups excluding carboxylic acids is 1. The predicted octanol–water partition coefficient (Wildman–Crippen LogP) is 1.48. The van der Waals surface area contributed by atoms with E-state index in [1.165, 1.54) is 0 Å². The number of carbonyl (C=O) groups is 1. The Labute approximate surface area is 99.6 Å². The molecule has 0 aromatic carbocycles. The molecule has 1 aromatic heterocycles. The van der Waals surface area contributed by atoms with Crippen LogP contribution in [-0.4, -0.2) is 29.1 Å². The highest BCUT2D eigenvalue weighted by Crippen LogP contribution is 2.12. The van der Waals surface area contributed by atoms with Crippen LogP contribution in [0.5, 0.6) is 0 Å². The molecular formula is C11H15ClN2O2. The van der Waals surface area contributed by atoms with Crippen LogP contribution in [0.2, 0.25) is 5.15 Å². The topological polar surface area (TPSA) is 62.2 Å². The first-order valence-corrected chi connectivity index (χ1v) is 5.34. The van der Waals surface area contributed by atoms with Crippen molar-refractivity contribution in [3.8, 4) is 0 Å². The average molecular weight is 243 g/mol. The van der Waals surface area contributed by atoms with E-state index in [1.807, 2.05) is 13.8 Å². The van der Waals surface area contributed by atoms with Crippen LogP contribution in [0.1, 0.15) is 24.3 Å². The van der Waals surface area contributed by atoms with Crippen molar-refractivity contribution in [1.29, 1.82) is 0 Å². The fourth-order valence-corrected chi connectivity index (χ4v) is 1.16. The van der Waals surface area contributed by atoms with Crippen molar-refractivity contribution in [2.24, 2.45) is 5.41 Å². The van der Waals surface area contributed by atoms with Gasteiger partial charge in [0, 0.05) is 18.6 Å². The molecule has 0 aliphatic rings. The average Bonchev–Trinajstić information content (AvgIpc) is 2.26. The quantitative estimate of drug-likeness (QED) is 0.787. The molecule has 0 unspecified atom stereocenters. The lowest BCUT2D eigenvalue weighted by Gasteiger charge is -2.21. The molecule has 1 heterocycles. The largest absolute Gasteiger partial charge is 0.396 e. The molecule has 4 nitrogen and oxygen atoms in total. The number of aromatic nitrogens is 1. The second-order valence-corrected chi connectivity index (χ2v) is 4.74. The van der Waals surface area contributed by atoms with E-state index in [1.54, 1.807) is 18.2 Å². The first kappa shape index (κ1) is 12.9. The Morgan fingerprint density at radius 3 is 2.81 bits per heavy atom. The molecule has 0 atom stereocenters. The monoisotopic (exact) mass is 242 g/mol. The fraction of sp³-hybridized carbons (Fsp3) is 0.455. The number of pyridine rings is 1. The van der Waals surface area contributed by atoms with Gasteiger partial charge in [-0.3, -0.25) is 4.79 Å². The zero-order valence-corrected chi connectivity index (χ0v) is 10.1. The second-order valence-electron chi connectivity index (χ2n) is 4.35. The minimum absolute atomic E-state index is 0.0102. The minimum atomic E-state index is -0.339. The molecular weight excluding hydrogens is 228 g/mol. The van der Waals surface area contributed by atoms with Crippen molar-refractivity contribution < 1.29 is 9.90 Å². The van der Waals surface area contributed by atoms with Crippen LogP contribution < -0.4 is 5.32 Å². The Balaban J connectivity index is 2.60. The van der Waals surface area contributed by atoms with E-state index in [0.29, 0.717) is 6.54 Å². The van der Waals surface area contributed by atoms with Gasteiger partial charge < -0.3 is 10.4 Å². The number of nitrogens with zero attached hydrogens (tertiary/aromatic N) is 1. The SMILES string of the molecule is CC(C)(CO)CNC(=O)c1cccc(Cl)n1. The van der Waals surface area contributed by atoms with Crippen molar-refractivity contribution >= 4 is 17.5 Å². The van der Waals surface area contributed by atoms with Gasteiger partial charge in [-0.1, -0.05) is 31.5 Å². The van der Waals surface area contributed by atoms with Crippen LogP contribution in [0.15, 0.2) is 18.2 Å². The van der Waals surface area contributed by atoms with Gasteiger partial charge in [0.15, 0.2) is 0 Å². The van der Waals surface area contributed by atoms with Crippen LogP contribution in [0.25, 0.3) is 0 Å². The molecule has 0 aliphatic heterocycles. The summed E-state index contributed by atoms with van der Waals surface area (Å²) in [5.74, 6) is -0.288. The summed E-state index contributed by atoms with van der Waals surface area (Å²) in [5, 5.41) is 12.0. The Morgan fingerprint density at radius 1 is 1.56 bits per heavy atom. The van der Waals surface area contributed by atoms with Crippen LogP contribution >= 0.6 is 11.6 Å². The highest BCUT2D eigenvalue weighted by Gasteiger charge is 2.18. The van der Waals surface area contributed by atoms with Gasteiger partial charge in [0.05, 0.1) is 0 Å². The van der Waals surface area contributed by atoms with Gasteiger partial charge in [0.1, 0.15) is 10.8 Å².